The average molecular weight is 184 g/mol. The Kier molecular flexibility index (Phi) is 7.11. The molecular formula is C9H10ClNO. The number of hydrogen-bond donors (Lipinski definition) is 0. The Morgan fingerprint density at radius 3 is 2.33 bits per heavy atom. The Morgan fingerprint density at radius 1 is 1.42 bits per heavy atom. The van der Waals surface area contributed by atoms with Crippen LogP contribution in [0.25, 0.3) is 0 Å². The van der Waals surface area contributed by atoms with E-state index in [4.69, 9.17) is 21.6 Å². The van der Waals surface area contributed by atoms with Crippen molar-refractivity contribution in [3.05, 3.63) is 30.3 Å². The van der Waals surface area contributed by atoms with Crippen molar-refractivity contribution < 1.29 is 4.74 Å². The predicted molar refractivity (Wildman–Crippen MR) is 49.1 cm³/mol. The Hall–Kier alpha value is -1.20. The third-order valence-electron chi connectivity index (χ3n) is 0.964. The molecule has 0 unspecified atom stereocenters. The lowest BCUT2D eigenvalue weighted by Crippen LogP contribution is -1.86. The second kappa shape index (κ2) is 7.90. The molecule has 3 heteroatoms. The molecule has 0 aliphatic rings. The van der Waals surface area contributed by atoms with Crippen LogP contribution in [0.4, 0.5) is 0 Å². The van der Waals surface area contributed by atoms with Gasteiger partial charge in [0.2, 0.25) is 0 Å². The van der Waals surface area contributed by atoms with Crippen LogP contribution in [0.3, 0.4) is 0 Å². The molecule has 0 atom stereocenters. The fourth-order valence-corrected chi connectivity index (χ4v) is 0.706. The number of nitrogens with zero attached hydrogens (tertiary/aromatic N) is 1. The molecular weight excluding hydrogens is 174 g/mol. The van der Waals surface area contributed by atoms with E-state index in [1.54, 1.807) is 6.07 Å². The normalized spacial score (nSPS) is 7.42. The van der Waals surface area contributed by atoms with E-state index < -0.39 is 0 Å². The topological polar surface area (TPSA) is 33.0 Å². The summed E-state index contributed by atoms with van der Waals surface area (Å²) in [6.45, 7) is 1.43. The molecule has 1 aromatic rings. The van der Waals surface area contributed by atoms with Gasteiger partial charge < -0.3 is 4.74 Å². The van der Waals surface area contributed by atoms with Crippen molar-refractivity contribution in [2.45, 2.75) is 6.92 Å². The van der Waals surface area contributed by atoms with Gasteiger partial charge in [-0.2, -0.15) is 5.26 Å². The van der Waals surface area contributed by atoms with Crippen molar-refractivity contribution in [2.75, 3.05) is 6.07 Å². The fourth-order valence-electron chi connectivity index (χ4n) is 0.580. The number of halogens is 1. The lowest BCUT2D eigenvalue weighted by atomic mass is 10.3. The van der Waals surface area contributed by atoms with Gasteiger partial charge in [-0.25, -0.2) is 0 Å². The maximum Gasteiger partial charge on any atom is 0.162 e. The third kappa shape index (κ3) is 5.57. The minimum atomic E-state index is 0.212. The largest absolute Gasteiger partial charge is 0.478 e. The van der Waals surface area contributed by atoms with Gasteiger partial charge in [-0.05, 0) is 12.1 Å². The Bertz CT molecular complexity index is 230. The van der Waals surface area contributed by atoms with Crippen LogP contribution in [0.5, 0.6) is 5.75 Å². The van der Waals surface area contributed by atoms with Crippen LogP contribution >= 0.6 is 11.6 Å². The number of rotatable bonds is 2. The van der Waals surface area contributed by atoms with E-state index in [-0.39, 0.29) is 6.07 Å². The molecule has 64 valence electrons. The molecule has 0 aromatic heterocycles. The zero-order valence-electron chi connectivity index (χ0n) is 6.83. The van der Waals surface area contributed by atoms with Gasteiger partial charge in [0, 0.05) is 6.92 Å². The van der Waals surface area contributed by atoms with Crippen LogP contribution < -0.4 is 4.74 Å². The number of ether oxygens (including phenoxy) is 1. The lowest BCUT2D eigenvalue weighted by molar-refractivity contribution is 0.388. The standard InChI is InChI=1S/C7H7ClO.C2H3N/c8-6-9-7-4-2-1-3-5-7;1-2-3/h1-5H,6H2;1H3. The quantitative estimate of drug-likeness (QED) is 0.661. The average Bonchev–Trinajstić information content (AvgIpc) is 2.08. The molecule has 0 saturated heterocycles. The number of hydrogen-bond acceptors (Lipinski definition) is 2. The van der Waals surface area contributed by atoms with E-state index in [2.05, 4.69) is 0 Å². The highest BCUT2D eigenvalue weighted by atomic mass is 35.5. The summed E-state index contributed by atoms with van der Waals surface area (Å²) < 4.78 is 4.97. The van der Waals surface area contributed by atoms with Crippen LogP contribution in [-0.2, 0) is 0 Å². The minimum Gasteiger partial charge on any atom is -0.478 e. The third-order valence-corrected chi connectivity index (χ3v) is 1.07. The molecule has 1 aromatic carbocycles. The molecule has 0 aliphatic carbocycles. The zero-order chi connectivity index (χ0) is 9.23. The molecule has 0 radical (unpaired) electrons. The SMILES string of the molecule is CC#N.ClCOc1ccccc1. The molecule has 1 rings (SSSR count). The molecule has 0 aliphatic heterocycles. The molecule has 0 spiro atoms. The van der Waals surface area contributed by atoms with Crippen LogP contribution in [0.1, 0.15) is 6.92 Å². The summed E-state index contributed by atoms with van der Waals surface area (Å²) in [5.74, 6) is 0.813. The van der Waals surface area contributed by atoms with Crippen LogP contribution in [0.15, 0.2) is 30.3 Å². The van der Waals surface area contributed by atoms with Crippen molar-refractivity contribution in [1.82, 2.24) is 0 Å². The number of benzene rings is 1. The summed E-state index contributed by atoms with van der Waals surface area (Å²) >= 11 is 5.31. The van der Waals surface area contributed by atoms with Crippen molar-refractivity contribution in [1.29, 1.82) is 5.26 Å². The van der Waals surface area contributed by atoms with Crippen molar-refractivity contribution in [2.24, 2.45) is 0 Å². The zero-order valence-corrected chi connectivity index (χ0v) is 7.58. The smallest absolute Gasteiger partial charge is 0.162 e. The summed E-state index contributed by atoms with van der Waals surface area (Å²) in [5, 5.41) is 7.32. The maximum absolute atomic E-state index is 7.32. The molecule has 0 amide bonds. The van der Waals surface area contributed by atoms with Gasteiger partial charge >= 0.3 is 0 Å². The minimum absolute atomic E-state index is 0.212. The van der Waals surface area contributed by atoms with Crippen molar-refractivity contribution in [3.63, 3.8) is 0 Å². The van der Waals surface area contributed by atoms with Crippen LogP contribution in [0, 0.1) is 11.3 Å². The summed E-state index contributed by atoms with van der Waals surface area (Å²) in [7, 11) is 0. The van der Waals surface area contributed by atoms with E-state index in [0.717, 1.165) is 5.75 Å². The summed E-state index contributed by atoms with van der Waals surface area (Å²) in [6, 6.07) is 11.4. The number of alkyl halides is 1. The van der Waals surface area contributed by atoms with E-state index >= 15 is 0 Å². The Labute approximate surface area is 77.3 Å². The Balaban J connectivity index is 0.000000354. The summed E-state index contributed by atoms with van der Waals surface area (Å²) in [4.78, 5) is 0. The molecule has 0 heterocycles. The molecule has 0 bridgehead atoms. The summed E-state index contributed by atoms with van der Waals surface area (Å²) in [5.41, 5.74) is 0. The van der Waals surface area contributed by atoms with Gasteiger partial charge in [0.05, 0.1) is 6.07 Å². The highest BCUT2D eigenvalue weighted by Gasteiger charge is 1.84. The number of nitriles is 1. The van der Waals surface area contributed by atoms with E-state index in [9.17, 15) is 0 Å². The van der Waals surface area contributed by atoms with Gasteiger partial charge in [0.1, 0.15) is 5.75 Å². The van der Waals surface area contributed by atoms with Gasteiger partial charge in [0.15, 0.2) is 6.07 Å². The van der Waals surface area contributed by atoms with Gasteiger partial charge in [0.25, 0.3) is 0 Å². The fraction of sp³-hybridized carbons (Fsp3) is 0.222. The predicted octanol–water partition coefficient (Wildman–Crippen LogP) is 2.79. The van der Waals surface area contributed by atoms with E-state index in [1.807, 2.05) is 30.3 Å². The van der Waals surface area contributed by atoms with Gasteiger partial charge in [-0.15, -0.1) is 0 Å². The molecule has 2 nitrogen and oxygen atoms in total. The van der Waals surface area contributed by atoms with Crippen molar-refractivity contribution in [3.8, 4) is 11.8 Å². The highest BCUT2D eigenvalue weighted by Crippen LogP contribution is 2.07. The first kappa shape index (κ1) is 10.8. The second-order valence-corrected chi connectivity index (χ2v) is 2.01. The maximum atomic E-state index is 7.32. The molecule has 0 saturated carbocycles. The first-order valence-electron chi connectivity index (χ1n) is 3.39. The Morgan fingerprint density at radius 2 is 1.92 bits per heavy atom. The van der Waals surface area contributed by atoms with Crippen LogP contribution in [-0.4, -0.2) is 6.07 Å². The molecule has 0 fully saturated rings. The van der Waals surface area contributed by atoms with Gasteiger partial charge in [-0.3, -0.25) is 0 Å². The van der Waals surface area contributed by atoms with Crippen molar-refractivity contribution >= 4 is 11.6 Å². The van der Waals surface area contributed by atoms with Gasteiger partial charge in [-0.1, -0.05) is 29.8 Å². The first-order chi connectivity index (χ1) is 5.85. The van der Waals surface area contributed by atoms with Crippen LogP contribution in [0.2, 0.25) is 0 Å². The summed E-state index contributed by atoms with van der Waals surface area (Å²) in [6.07, 6.45) is 0. The van der Waals surface area contributed by atoms with E-state index in [0.29, 0.717) is 0 Å². The second-order valence-electron chi connectivity index (χ2n) is 1.79. The first-order valence-corrected chi connectivity index (χ1v) is 3.93. The van der Waals surface area contributed by atoms with E-state index in [1.165, 1.54) is 6.92 Å². The molecule has 12 heavy (non-hydrogen) atoms. The monoisotopic (exact) mass is 183 g/mol. The highest BCUT2D eigenvalue weighted by molar-refractivity contribution is 6.17. The lowest BCUT2D eigenvalue weighted by Gasteiger charge is -1.97. The number of para-hydroxylation sites is 1. The molecule has 0 N–H and O–H groups in total.